The maximum Gasteiger partial charge on any atom is 0.291 e. The van der Waals surface area contributed by atoms with E-state index in [1.807, 2.05) is 6.07 Å². The average Bonchev–Trinajstić information content (AvgIpc) is 2.68. The molecule has 0 aromatic heterocycles. The molecule has 7 heteroatoms. The minimum Gasteiger partial charge on any atom is -0.449 e. The first-order chi connectivity index (χ1) is 13.1. The molecule has 1 fully saturated rings. The molecule has 0 unspecified atom stereocenters. The van der Waals surface area contributed by atoms with Gasteiger partial charge in [0.1, 0.15) is 0 Å². The normalized spacial score (nSPS) is 17.9. The maximum atomic E-state index is 12.6. The number of ether oxygens (including phenoxy) is 2. The fourth-order valence-corrected chi connectivity index (χ4v) is 3.19. The molecule has 2 aliphatic rings. The van der Waals surface area contributed by atoms with E-state index in [0.29, 0.717) is 48.3 Å². The summed E-state index contributed by atoms with van der Waals surface area (Å²) in [6, 6.07) is 12.2. The molecule has 0 atom stereocenters. The minimum atomic E-state index is -0.376. The first kappa shape index (κ1) is 17.6. The van der Waals surface area contributed by atoms with Gasteiger partial charge in [-0.2, -0.15) is 0 Å². The van der Waals surface area contributed by atoms with E-state index in [2.05, 4.69) is 5.32 Å². The fraction of sp³-hybridized carbons (Fsp3) is 0.200. The first-order valence-corrected chi connectivity index (χ1v) is 8.95. The highest BCUT2D eigenvalue weighted by Gasteiger charge is 2.25. The Bertz CT molecular complexity index is 935. The third kappa shape index (κ3) is 3.82. The van der Waals surface area contributed by atoms with E-state index in [9.17, 15) is 9.59 Å². The number of fused-ring (bicyclic) bond motifs is 1. The van der Waals surface area contributed by atoms with Crippen molar-refractivity contribution in [1.29, 1.82) is 0 Å². The van der Waals surface area contributed by atoms with Crippen molar-refractivity contribution in [2.24, 2.45) is 0 Å². The topological polar surface area (TPSA) is 67.9 Å². The molecule has 0 bridgehead atoms. The molecule has 2 aliphatic heterocycles. The largest absolute Gasteiger partial charge is 0.449 e. The summed E-state index contributed by atoms with van der Waals surface area (Å²) < 4.78 is 11.0. The van der Waals surface area contributed by atoms with E-state index in [4.69, 9.17) is 21.1 Å². The van der Waals surface area contributed by atoms with Crippen LogP contribution in [-0.4, -0.2) is 43.0 Å². The van der Waals surface area contributed by atoms with E-state index in [1.165, 1.54) is 0 Å². The number of nitrogens with zero attached hydrogens (tertiary/aromatic N) is 1. The summed E-state index contributed by atoms with van der Waals surface area (Å²) in [4.78, 5) is 26.7. The molecule has 27 heavy (non-hydrogen) atoms. The molecule has 2 aromatic carbocycles. The standard InChI is InChI=1S/C20H17ClN2O4/c21-15-3-1-2-13(10-15)11-18-19(24)22-16-12-14(4-5-17(16)27-18)20(25)23-6-8-26-9-7-23/h1-5,10-12H,6-9H2,(H,22,24). The minimum absolute atomic E-state index is 0.0874. The van der Waals surface area contributed by atoms with Crippen molar-refractivity contribution in [2.45, 2.75) is 0 Å². The summed E-state index contributed by atoms with van der Waals surface area (Å²) in [5.74, 6) is 0.187. The molecule has 2 amide bonds. The predicted molar refractivity (Wildman–Crippen MR) is 102 cm³/mol. The fourth-order valence-electron chi connectivity index (χ4n) is 2.99. The Morgan fingerprint density at radius 3 is 2.74 bits per heavy atom. The molecule has 4 rings (SSSR count). The number of morpholine rings is 1. The summed E-state index contributed by atoms with van der Waals surface area (Å²) >= 11 is 5.98. The lowest BCUT2D eigenvalue weighted by molar-refractivity contribution is -0.115. The summed E-state index contributed by atoms with van der Waals surface area (Å²) in [6.07, 6.45) is 1.62. The van der Waals surface area contributed by atoms with Gasteiger partial charge in [0.15, 0.2) is 11.5 Å². The number of benzene rings is 2. The molecule has 0 radical (unpaired) electrons. The van der Waals surface area contributed by atoms with Gasteiger partial charge in [-0.25, -0.2) is 0 Å². The van der Waals surface area contributed by atoms with E-state index in [1.54, 1.807) is 47.4 Å². The molecule has 2 aromatic rings. The van der Waals surface area contributed by atoms with Gasteiger partial charge in [0.05, 0.1) is 18.9 Å². The molecular formula is C20H17ClN2O4. The number of halogens is 1. The van der Waals surface area contributed by atoms with Crippen LogP contribution in [-0.2, 0) is 9.53 Å². The Kier molecular flexibility index (Phi) is 4.83. The van der Waals surface area contributed by atoms with Gasteiger partial charge in [0, 0.05) is 23.7 Å². The van der Waals surface area contributed by atoms with Gasteiger partial charge >= 0.3 is 0 Å². The number of hydrogen-bond donors (Lipinski definition) is 1. The SMILES string of the molecule is O=C1Nc2cc(C(=O)N3CCOCC3)ccc2OC1=Cc1cccc(Cl)c1. The number of hydrogen-bond acceptors (Lipinski definition) is 4. The predicted octanol–water partition coefficient (Wildman–Crippen LogP) is 3.18. The Morgan fingerprint density at radius 1 is 1.15 bits per heavy atom. The highest BCUT2D eigenvalue weighted by Crippen LogP contribution is 2.33. The zero-order valence-corrected chi connectivity index (χ0v) is 15.2. The monoisotopic (exact) mass is 384 g/mol. The lowest BCUT2D eigenvalue weighted by atomic mass is 10.1. The van der Waals surface area contributed by atoms with Crippen molar-refractivity contribution < 1.29 is 19.1 Å². The number of carbonyl (C=O) groups is 2. The molecule has 0 spiro atoms. The molecular weight excluding hydrogens is 368 g/mol. The quantitative estimate of drug-likeness (QED) is 0.807. The van der Waals surface area contributed by atoms with Crippen LogP contribution in [0.1, 0.15) is 15.9 Å². The van der Waals surface area contributed by atoms with Gasteiger partial charge in [0.25, 0.3) is 11.8 Å². The van der Waals surface area contributed by atoms with E-state index in [0.717, 1.165) is 5.56 Å². The summed E-state index contributed by atoms with van der Waals surface area (Å²) in [5.41, 5.74) is 1.74. The number of carbonyl (C=O) groups excluding carboxylic acids is 2. The molecule has 0 aliphatic carbocycles. The third-order valence-corrected chi connectivity index (χ3v) is 4.60. The lowest BCUT2D eigenvalue weighted by Crippen LogP contribution is -2.40. The lowest BCUT2D eigenvalue weighted by Gasteiger charge is -2.27. The number of amides is 2. The maximum absolute atomic E-state index is 12.6. The van der Waals surface area contributed by atoms with Crippen LogP contribution in [0.2, 0.25) is 5.02 Å². The van der Waals surface area contributed by atoms with Crippen molar-refractivity contribution in [3.63, 3.8) is 0 Å². The van der Waals surface area contributed by atoms with E-state index < -0.39 is 0 Å². The number of anilines is 1. The van der Waals surface area contributed by atoms with Gasteiger partial charge in [-0.1, -0.05) is 23.7 Å². The van der Waals surface area contributed by atoms with Gasteiger partial charge < -0.3 is 19.7 Å². The van der Waals surface area contributed by atoms with Crippen molar-refractivity contribution >= 4 is 35.2 Å². The van der Waals surface area contributed by atoms with Gasteiger partial charge in [-0.05, 0) is 42.0 Å². The highest BCUT2D eigenvalue weighted by molar-refractivity contribution is 6.30. The van der Waals surface area contributed by atoms with Crippen LogP contribution < -0.4 is 10.1 Å². The molecule has 2 heterocycles. The van der Waals surface area contributed by atoms with Crippen LogP contribution in [0.15, 0.2) is 48.2 Å². The van der Waals surface area contributed by atoms with Gasteiger partial charge in [-0.15, -0.1) is 0 Å². The molecule has 138 valence electrons. The smallest absolute Gasteiger partial charge is 0.291 e. The Morgan fingerprint density at radius 2 is 1.96 bits per heavy atom. The van der Waals surface area contributed by atoms with Crippen LogP contribution in [0.25, 0.3) is 6.08 Å². The van der Waals surface area contributed by atoms with Crippen molar-refractivity contribution in [1.82, 2.24) is 4.90 Å². The average molecular weight is 385 g/mol. The second-order valence-electron chi connectivity index (χ2n) is 6.24. The number of nitrogens with one attached hydrogen (secondary N) is 1. The Hall–Kier alpha value is -2.83. The summed E-state index contributed by atoms with van der Waals surface area (Å²) in [6.45, 7) is 2.19. The molecule has 0 saturated carbocycles. The zero-order valence-electron chi connectivity index (χ0n) is 14.4. The van der Waals surface area contributed by atoms with Crippen molar-refractivity contribution in [3.05, 3.63) is 64.4 Å². The van der Waals surface area contributed by atoms with Crippen LogP contribution in [0.4, 0.5) is 5.69 Å². The van der Waals surface area contributed by atoms with Crippen LogP contribution in [0.3, 0.4) is 0 Å². The van der Waals surface area contributed by atoms with Crippen molar-refractivity contribution in [2.75, 3.05) is 31.6 Å². The highest BCUT2D eigenvalue weighted by atomic mass is 35.5. The zero-order chi connectivity index (χ0) is 18.8. The second kappa shape index (κ2) is 7.42. The molecule has 1 saturated heterocycles. The second-order valence-corrected chi connectivity index (χ2v) is 6.67. The Labute approximate surface area is 161 Å². The van der Waals surface area contributed by atoms with E-state index >= 15 is 0 Å². The summed E-state index contributed by atoms with van der Waals surface area (Å²) in [7, 11) is 0. The van der Waals surface area contributed by atoms with Gasteiger partial charge in [-0.3, -0.25) is 9.59 Å². The van der Waals surface area contributed by atoms with Gasteiger partial charge in [0.2, 0.25) is 0 Å². The molecule has 1 N–H and O–H groups in total. The van der Waals surface area contributed by atoms with Crippen LogP contribution in [0.5, 0.6) is 5.75 Å². The molecule has 6 nitrogen and oxygen atoms in total. The van der Waals surface area contributed by atoms with Crippen LogP contribution >= 0.6 is 11.6 Å². The number of rotatable bonds is 2. The van der Waals surface area contributed by atoms with Crippen molar-refractivity contribution in [3.8, 4) is 5.75 Å². The van der Waals surface area contributed by atoms with Crippen LogP contribution in [0, 0.1) is 0 Å². The summed E-state index contributed by atoms with van der Waals surface area (Å²) in [5, 5.41) is 3.36. The Balaban J connectivity index is 1.57. The third-order valence-electron chi connectivity index (χ3n) is 4.36. The van der Waals surface area contributed by atoms with E-state index in [-0.39, 0.29) is 17.6 Å². The first-order valence-electron chi connectivity index (χ1n) is 8.58.